The van der Waals surface area contributed by atoms with E-state index in [1.165, 1.54) is 5.56 Å². The Morgan fingerprint density at radius 2 is 2.14 bits per heavy atom. The van der Waals surface area contributed by atoms with E-state index in [-0.39, 0.29) is 0 Å². The molecule has 0 spiro atoms. The molecule has 0 aliphatic carbocycles. The average molecular weight is 207 g/mol. The van der Waals surface area contributed by atoms with E-state index in [4.69, 9.17) is 17.0 Å². The molecule has 1 atom stereocenters. The summed E-state index contributed by atoms with van der Waals surface area (Å²) in [5.41, 5.74) is 1.27. The van der Waals surface area contributed by atoms with Gasteiger partial charge in [-0.15, -0.1) is 0 Å². The van der Waals surface area contributed by atoms with Crippen molar-refractivity contribution in [3.05, 3.63) is 35.9 Å². The van der Waals surface area contributed by atoms with Crippen LogP contribution in [0.15, 0.2) is 30.3 Å². The Hall–Kier alpha value is -1.09. The zero-order valence-corrected chi connectivity index (χ0v) is 8.96. The molecule has 3 heteroatoms. The normalized spacial score (nSPS) is 21.1. The van der Waals surface area contributed by atoms with Crippen LogP contribution in [-0.4, -0.2) is 22.7 Å². The molecule has 0 radical (unpaired) electrons. The van der Waals surface area contributed by atoms with Crippen molar-refractivity contribution in [2.24, 2.45) is 0 Å². The molecule has 14 heavy (non-hydrogen) atoms. The van der Waals surface area contributed by atoms with E-state index < -0.39 is 0 Å². The van der Waals surface area contributed by atoms with Gasteiger partial charge in [0.1, 0.15) is 6.61 Å². The molecule has 1 aromatic rings. The van der Waals surface area contributed by atoms with Gasteiger partial charge in [-0.05, 0) is 24.7 Å². The van der Waals surface area contributed by atoms with Gasteiger partial charge in [0.15, 0.2) is 0 Å². The smallest absolute Gasteiger partial charge is 0.260 e. The lowest BCUT2D eigenvalue weighted by atomic mass is 10.2. The van der Waals surface area contributed by atoms with Crippen LogP contribution in [0.25, 0.3) is 0 Å². The lowest BCUT2D eigenvalue weighted by Crippen LogP contribution is -2.30. The Balaban J connectivity index is 2.07. The Kier molecular flexibility index (Phi) is 2.68. The molecule has 1 aliphatic heterocycles. The average Bonchev–Trinajstić information content (AvgIpc) is 2.51. The molecule has 2 nitrogen and oxygen atoms in total. The predicted molar refractivity (Wildman–Crippen MR) is 60.0 cm³/mol. The minimum Gasteiger partial charge on any atom is -0.469 e. The second-order valence-electron chi connectivity index (χ2n) is 3.54. The van der Waals surface area contributed by atoms with E-state index in [0.717, 1.165) is 6.54 Å². The minimum absolute atomic E-state index is 0.391. The highest BCUT2D eigenvalue weighted by molar-refractivity contribution is 7.80. The van der Waals surface area contributed by atoms with Gasteiger partial charge in [-0.3, -0.25) is 0 Å². The lowest BCUT2D eigenvalue weighted by Gasteiger charge is -2.19. The molecular weight excluding hydrogens is 194 g/mol. The summed E-state index contributed by atoms with van der Waals surface area (Å²) in [6.07, 6.45) is 0. The molecular formula is C11H13NOS. The van der Waals surface area contributed by atoms with Crippen LogP contribution in [-0.2, 0) is 11.3 Å². The van der Waals surface area contributed by atoms with Crippen LogP contribution in [0.1, 0.15) is 12.5 Å². The van der Waals surface area contributed by atoms with Crippen LogP contribution >= 0.6 is 12.2 Å². The van der Waals surface area contributed by atoms with E-state index in [1.54, 1.807) is 0 Å². The fraction of sp³-hybridized carbons (Fsp3) is 0.364. The highest BCUT2D eigenvalue weighted by Gasteiger charge is 2.25. The number of ether oxygens (including phenoxy) is 1. The zero-order valence-electron chi connectivity index (χ0n) is 8.14. The van der Waals surface area contributed by atoms with E-state index in [2.05, 4.69) is 24.0 Å². The number of hydrogen-bond donors (Lipinski definition) is 0. The van der Waals surface area contributed by atoms with Crippen LogP contribution in [0.2, 0.25) is 0 Å². The number of benzene rings is 1. The summed E-state index contributed by atoms with van der Waals surface area (Å²) >= 11 is 5.12. The van der Waals surface area contributed by atoms with Crippen molar-refractivity contribution in [3.63, 3.8) is 0 Å². The zero-order chi connectivity index (χ0) is 9.97. The third-order valence-electron chi connectivity index (χ3n) is 2.41. The monoisotopic (exact) mass is 207 g/mol. The largest absolute Gasteiger partial charge is 0.469 e. The molecule has 0 N–H and O–H groups in total. The highest BCUT2D eigenvalue weighted by Crippen LogP contribution is 2.15. The van der Waals surface area contributed by atoms with E-state index >= 15 is 0 Å². The van der Waals surface area contributed by atoms with Crippen molar-refractivity contribution < 1.29 is 4.74 Å². The van der Waals surface area contributed by atoms with Crippen molar-refractivity contribution in [2.75, 3.05) is 6.61 Å². The second kappa shape index (κ2) is 3.96. The van der Waals surface area contributed by atoms with E-state index in [1.807, 2.05) is 18.2 Å². The summed E-state index contributed by atoms with van der Waals surface area (Å²) in [6.45, 7) is 3.69. The van der Waals surface area contributed by atoms with Crippen LogP contribution < -0.4 is 0 Å². The Labute approximate surface area is 89.5 Å². The van der Waals surface area contributed by atoms with Gasteiger partial charge in [-0.2, -0.15) is 0 Å². The highest BCUT2D eigenvalue weighted by atomic mass is 32.1. The number of hydrogen-bond acceptors (Lipinski definition) is 2. The van der Waals surface area contributed by atoms with Gasteiger partial charge in [0.05, 0.1) is 6.04 Å². The Bertz CT molecular complexity index is 325. The fourth-order valence-corrected chi connectivity index (χ4v) is 1.86. The molecule has 0 aromatic heterocycles. The van der Waals surface area contributed by atoms with E-state index in [9.17, 15) is 0 Å². The minimum atomic E-state index is 0.391. The molecule has 1 fully saturated rings. The van der Waals surface area contributed by atoms with Crippen molar-refractivity contribution in [3.8, 4) is 0 Å². The summed E-state index contributed by atoms with van der Waals surface area (Å²) in [5, 5.41) is 0.626. The third-order valence-corrected chi connectivity index (χ3v) is 2.76. The van der Waals surface area contributed by atoms with Crippen molar-refractivity contribution in [1.82, 2.24) is 4.90 Å². The maximum atomic E-state index is 5.31. The first-order valence-corrected chi connectivity index (χ1v) is 5.15. The maximum Gasteiger partial charge on any atom is 0.260 e. The molecule has 0 saturated carbocycles. The van der Waals surface area contributed by atoms with E-state index in [0.29, 0.717) is 17.8 Å². The van der Waals surface area contributed by atoms with Crippen molar-refractivity contribution in [2.45, 2.75) is 19.5 Å². The summed E-state index contributed by atoms with van der Waals surface area (Å²) in [6, 6.07) is 10.7. The lowest BCUT2D eigenvalue weighted by molar-refractivity contribution is 0.322. The van der Waals surface area contributed by atoms with Crippen LogP contribution in [0, 0.1) is 0 Å². The summed E-state index contributed by atoms with van der Waals surface area (Å²) in [4.78, 5) is 2.12. The van der Waals surface area contributed by atoms with Crippen LogP contribution in [0.5, 0.6) is 0 Å². The molecule has 1 aromatic carbocycles. The van der Waals surface area contributed by atoms with Gasteiger partial charge >= 0.3 is 0 Å². The molecule has 74 valence electrons. The van der Waals surface area contributed by atoms with Gasteiger partial charge in [-0.1, -0.05) is 30.3 Å². The first-order chi connectivity index (χ1) is 6.77. The van der Waals surface area contributed by atoms with Gasteiger partial charge < -0.3 is 9.64 Å². The fourth-order valence-electron chi connectivity index (χ4n) is 1.55. The quantitative estimate of drug-likeness (QED) is 0.690. The van der Waals surface area contributed by atoms with Gasteiger partial charge in [0.25, 0.3) is 5.17 Å². The first kappa shape index (κ1) is 9.46. The van der Waals surface area contributed by atoms with Crippen molar-refractivity contribution in [1.29, 1.82) is 0 Å². The standard InChI is InChI=1S/C11H13NOS/c1-9-8-13-11(14)12(9)7-10-5-3-2-4-6-10/h2-6,9H,7-8H2,1H3/t9-/m0/s1. The summed E-state index contributed by atoms with van der Waals surface area (Å²) in [7, 11) is 0. The van der Waals surface area contributed by atoms with Crippen LogP contribution in [0.3, 0.4) is 0 Å². The Morgan fingerprint density at radius 3 is 2.71 bits per heavy atom. The molecule has 0 bridgehead atoms. The number of nitrogens with zero attached hydrogens (tertiary/aromatic N) is 1. The molecule has 2 rings (SSSR count). The molecule has 1 saturated heterocycles. The second-order valence-corrected chi connectivity index (χ2v) is 3.89. The maximum absolute atomic E-state index is 5.31. The van der Waals surface area contributed by atoms with Crippen LogP contribution in [0.4, 0.5) is 0 Å². The number of rotatable bonds is 2. The molecule has 0 amide bonds. The van der Waals surface area contributed by atoms with Crippen molar-refractivity contribution >= 4 is 17.4 Å². The molecule has 1 heterocycles. The van der Waals surface area contributed by atoms with Gasteiger partial charge in [0, 0.05) is 6.54 Å². The third kappa shape index (κ3) is 1.87. The van der Waals surface area contributed by atoms with Gasteiger partial charge in [-0.25, -0.2) is 0 Å². The predicted octanol–water partition coefficient (Wildman–Crippen LogP) is 2.19. The first-order valence-electron chi connectivity index (χ1n) is 4.74. The SMILES string of the molecule is C[C@H]1COC(=S)N1Cc1ccccc1. The Morgan fingerprint density at radius 1 is 1.43 bits per heavy atom. The molecule has 0 unspecified atom stereocenters. The van der Waals surface area contributed by atoms with Gasteiger partial charge in [0.2, 0.25) is 0 Å². The summed E-state index contributed by atoms with van der Waals surface area (Å²) in [5.74, 6) is 0. The topological polar surface area (TPSA) is 12.5 Å². The summed E-state index contributed by atoms with van der Waals surface area (Å²) < 4.78 is 5.31. The molecule has 1 aliphatic rings. The number of thiocarbonyl (C=S) groups is 1.